The minimum atomic E-state index is 0.118. The van der Waals surface area contributed by atoms with Gasteiger partial charge in [0.15, 0.2) is 0 Å². The molecular formula is C21H39NO4. The second-order valence-electron chi connectivity index (χ2n) is 7.34. The molecule has 26 heavy (non-hydrogen) atoms. The van der Waals surface area contributed by atoms with E-state index in [2.05, 4.69) is 5.32 Å². The second-order valence-corrected chi connectivity index (χ2v) is 7.34. The number of carbonyl (C=O) groups is 2. The van der Waals surface area contributed by atoms with E-state index in [9.17, 15) is 9.59 Å². The van der Waals surface area contributed by atoms with Crippen molar-refractivity contribution in [1.29, 1.82) is 0 Å². The molecule has 0 aromatic heterocycles. The number of amides is 1. The van der Waals surface area contributed by atoms with Crippen LogP contribution in [0.4, 0.5) is 0 Å². The molecule has 2 rings (SSSR count). The molecular weight excluding hydrogens is 330 g/mol. The number of carbonyl (C=O) groups excluding carboxylic acids is 2. The van der Waals surface area contributed by atoms with Crippen molar-refractivity contribution in [3.8, 4) is 0 Å². The standard InChI is InChI=1S/C19H33NO4.C2H6/c1-14(21)15-5-7-16(8-6-15)20-19(22)4-3-13-24-18-11-9-17(23-2)10-12-18;1-2/h15-18H,3-13H2,1-2H3,(H,20,22);1-2H3. The van der Waals surface area contributed by atoms with E-state index < -0.39 is 0 Å². The van der Waals surface area contributed by atoms with Gasteiger partial charge in [0.2, 0.25) is 5.91 Å². The second kappa shape index (κ2) is 13.3. The highest BCUT2D eigenvalue weighted by molar-refractivity contribution is 5.78. The van der Waals surface area contributed by atoms with Crippen molar-refractivity contribution in [1.82, 2.24) is 5.32 Å². The summed E-state index contributed by atoms with van der Waals surface area (Å²) in [5.74, 6) is 0.615. The molecule has 0 spiro atoms. The van der Waals surface area contributed by atoms with Gasteiger partial charge in [-0.3, -0.25) is 9.59 Å². The minimum absolute atomic E-state index is 0.118. The van der Waals surface area contributed by atoms with Crippen molar-refractivity contribution in [2.75, 3.05) is 13.7 Å². The number of ether oxygens (including phenoxy) is 2. The normalized spacial score (nSPS) is 28.6. The molecule has 0 heterocycles. The van der Waals surface area contributed by atoms with E-state index in [-0.39, 0.29) is 23.7 Å². The van der Waals surface area contributed by atoms with Crippen LogP contribution in [0.2, 0.25) is 0 Å². The molecule has 0 aliphatic heterocycles. The largest absolute Gasteiger partial charge is 0.381 e. The van der Waals surface area contributed by atoms with Crippen LogP contribution >= 0.6 is 0 Å². The lowest BCUT2D eigenvalue weighted by molar-refractivity contribution is -0.123. The van der Waals surface area contributed by atoms with Crippen molar-refractivity contribution < 1.29 is 19.1 Å². The third-order valence-corrected chi connectivity index (χ3v) is 5.52. The molecule has 2 saturated carbocycles. The van der Waals surface area contributed by atoms with Gasteiger partial charge in [0.1, 0.15) is 5.78 Å². The summed E-state index contributed by atoms with van der Waals surface area (Å²) in [5.41, 5.74) is 0. The van der Waals surface area contributed by atoms with Gasteiger partial charge in [0, 0.05) is 32.1 Å². The molecule has 5 nitrogen and oxygen atoms in total. The summed E-state index contributed by atoms with van der Waals surface area (Å²) >= 11 is 0. The zero-order chi connectivity index (χ0) is 19.4. The van der Waals surface area contributed by atoms with E-state index in [1.807, 2.05) is 13.8 Å². The quantitative estimate of drug-likeness (QED) is 0.656. The summed E-state index contributed by atoms with van der Waals surface area (Å²) in [5, 5.41) is 3.11. The Morgan fingerprint density at radius 3 is 2.04 bits per heavy atom. The first-order valence-electron chi connectivity index (χ1n) is 10.5. The molecule has 2 aliphatic rings. The smallest absolute Gasteiger partial charge is 0.220 e. The molecule has 5 heteroatoms. The Morgan fingerprint density at radius 1 is 0.923 bits per heavy atom. The van der Waals surface area contributed by atoms with Crippen LogP contribution < -0.4 is 5.32 Å². The van der Waals surface area contributed by atoms with E-state index >= 15 is 0 Å². The third-order valence-electron chi connectivity index (χ3n) is 5.52. The lowest BCUT2D eigenvalue weighted by atomic mass is 9.84. The monoisotopic (exact) mass is 369 g/mol. The lowest BCUT2D eigenvalue weighted by Gasteiger charge is -2.28. The summed E-state index contributed by atoms with van der Waals surface area (Å²) in [4.78, 5) is 23.4. The molecule has 0 saturated heterocycles. The maximum absolute atomic E-state index is 12.0. The molecule has 0 unspecified atom stereocenters. The molecule has 0 aromatic carbocycles. The zero-order valence-electron chi connectivity index (χ0n) is 17.2. The first-order chi connectivity index (χ1) is 12.6. The van der Waals surface area contributed by atoms with Crippen LogP contribution in [0.1, 0.15) is 85.0 Å². The third kappa shape index (κ3) is 8.63. The summed E-state index contributed by atoms with van der Waals surface area (Å²) in [6.45, 7) is 6.33. The molecule has 0 bridgehead atoms. The number of methoxy groups -OCH3 is 1. The number of ketones is 1. The average molecular weight is 370 g/mol. The highest BCUT2D eigenvalue weighted by Gasteiger charge is 2.25. The van der Waals surface area contributed by atoms with Gasteiger partial charge in [0.05, 0.1) is 12.2 Å². The molecule has 2 fully saturated rings. The Kier molecular flexibility index (Phi) is 11.8. The summed E-state index contributed by atoms with van der Waals surface area (Å²) in [7, 11) is 1.77. The molecule has 0 aromatic rings. The predicted octanol–water partition coefficient (Wildman–Crippen LogP) is 4.03. The Bertz CT molecular complexity index is 397. The summed E-state index contributed by atoms with van der Waals surface area (Å²) < 4.78 is 11.2. The first-order valence-corrected chi connectivity index (χ1v) is 10.5. The molecule has 2 aliphatic carbocycles. The van der Waals surface area contributed by atoms with Crippen molar-refractivity contribution in [3.63, 3.8) is 0 Å². The summed E-state index contributed by atoms with van der Waals surface area (Å²) in [6.07, 6.45) is 9.98. The number of nitrogens with one attached hydrogen (secondary N) is 1. The van der Waals surface area contributed by atoms with Gasteiger partial charge in [0.25, 0.3) is 0 Å². The van der Waals surface area contributed by atoms with E-state index in [0.29, 0.717) is 25.2 Å². The molecule has 1 amide bonds. The fourth-order valence-electron chi connectivity index (χ4n) is 3.86. The van der Waals surface area contributed by atoms with Gasteiger partial charge in [-0.1, -0.05) is 13.8 Å². The fourth-order valence-corrected chi connectivity index (χ4v) is 3.86. The van der Waals surface area contributed by atoms with Gasteiger partial charge >= 0.3 is 0 Å². The predicted molar refractivity (Wildman–Crippen MR) is 104 cm³/mol. The SMILES string of the molecule is CC.COC1CCC(OCCCC(=O)NC2CCC(C(C)=O)CC2)CC1. The van der Waals surface area contributed by atoms with Gasteiger partial charge in [-0.15, -0.1) is 0 Å². The number of hydrogen-bond acceptors (Lipinski definition) is 4. The topological polar surface area (TPSA) is 64.6 Å². The van der Waals surface area contributed by atoms with Crippen molar-refractivity contribution in [3.05, 3.63) is 0 Å². The van der Waals surface area contributed by atoms with Gasteiger partial charge < -0.3 is 14.8 Å². The average Bonchev–Trinajstić information content (AvgIpc) is 2.67. The number of Topliss-reactive ketones (excluding diaryl/α,β-unsaturated/α-hetero) is 1. The summed E-state index contributed by atoms with van der Waals surface area (Å²) in [6, 6.07) is 0.248. The number of hydrogen-bond donors (Lipinski definition) is 1. The van der Waals surface area contributed by atoms with Crippen LogP contribution in [-0.2, 0) is 19.1 Å². The fraction of sp³-hybridized carbons (Fsp3) is 0.905. The van der Waals surface area contributed by atoms with E-state index in [1.165, 1.54) is 0 Å². The van der Waals surface area contributed by atoms with E-state index in [1.54, 1.807) is 14.0 Å². The lowest BCUT2D eigenvalue weighted by Crippen LogP contribution is -2.38. The Balaban J connectivity index is 0.00000163. The molecule has 0 atom stereocenters. The van der Waals surface area contributed by atoms with E-state index in [0.717, 1.165) is 57.8 Å². The zero-order valence-corrected chi connectivity index (χ0v) is 17.2. The number of rotatable bonds is 8. The van der Waals surface area contributed by atoms with Crippen LogP contribution in [0.3, 0.4) is 0 Å². The van der Waals surface area contributed by atoms with Crippen LogP contribution in [0.25, 0.3) is 0 Å². The van der Waals surface area contributed by atoms with Gasteiger partial charge in [-0.2, -0.15) is 0 Å². The minimum Gasteiger partial charge on any atom is -0.381 e. The maximum Gasteiger partial charge on any atom is 0.220 e. The Labute approximate surface area is 159 Å². The molecule has 152 valence electrons. The van der Waals surface area contributed by atoms with Crippen LogP contribution in [0.15, 0.2) is 0 Å². The first kappa shape index (κ1) is 23.1. The Hall–Kier alpha value is -0.940. The highest BCUT2D eigenvalue weighted by atomic mass is 16.5. The van der Waals surface area contributed by atoms with Crippen LogP contribution in [-0.4, -0.2) is 43.7 Å². The highest BCUT2D eigenvalue weighted by Crippen LogP contribution is 2.25. The van der Waals surface area contributed by atoms with E-state index in [4.69, 9.17) is 9.47 Å². The van der Waals surface area contributed by atoms with Gasteiger partial charge in [-0.25, -0.2) is 0 Å². The van der Waals surface area contributed by atoms with Crippen LogP contribution in [0.5, 0.6) is 0 Å². The van der Waals surface area contributed by atoms with Gasteiger partial charge in [-0.05, 0) is 64.7 Å². The van der Waals surface area contributed by atoms with Crippen LogP contribution in [0, 0.1) is 5.92 Å². The maximum atomic E-state index is 12.0. The Morgan fingerprint density at radius 2 is 1.50 bits per heavy atom. The molecule has 0 radical (unpaired) electrons. The van der Waals surface area contributed by atoms with Crippen molar-refractivity contribution in [2.24, 2.45) is 5.92 Å². The molecule has 1 N–H and O–H groups in total. The van der Waals surface area contributed by atoms with Crippen molar-refractivity contribution in [2.45, 2.75) is 103 Å². The van der Waals surface area contributed by atoms with Crippen molar-refractivity contribution >= 4 is 11.7 Å².